The third-order valence-corrected chi connectivity index (χ3v) is 4.64. The molecule has 0 radical (unpaired) electrons. The van der Waals surface area contributed by atoms with Crippen LogP contribution in [0.1, 0.15) is 24.1 Å². The zero-order valence-corrected chi connectivity index (χ0v) is 13.8. The monoisotopic (exact) mass is 343 g/mol. The van der Waals surface area contributed by atoms with E-state index in [9.17, 15) is 5.11 Å². The van der Waals surface area contributed by atoms with E-state index in [0.717, 1.165) is 24.1 Å². The van der Waals surface area contributed by atoms with Gasteiger partial charge in [0, 0.05) is 6.04 Å². The molecule has 0 aliphatic heterocycles. The summed E-state index contributed by atoms with van der Waals surface area (Å²) in [7, 11) is 0. The Hall–Kier alpha value is -0.930. The largest absolute Gasteiger partial charge is 0.508 e. The van der Waals surface area contributed by atoms with Gasteiger partial charge in [0.05, 0.1) is 15.1 Å². The van der Waals surface area contributed by atoms with E-state index in [1.54, 1.807) is 18.2 Å². The molecule has 5 heteroatoms. The topological polar surface area (TPSA) is 32.3 Å². The Morgan fingerprint density at radius 3 is 2.33 bits per heavy atom. The molecule has 2 nitrogen and oxygen atoms in total. The van der Waals surface area contributed by atoms with Crippen molar-refractivity contribution in [3.63, 3.8) is 0 Å². The average Bonchev–Trinajstić information content (AvgIpc) is 2.47. The molecular weight excluding hydrogens is 329 g/mol. The molecule has 0 aliphatic carbocycles. The van der Waals surface area contributed by atoms with E-state index < -0.39 is 0 Å². The summed E-state index contributed by atoms with van der Waals surface area (Å²) in [5.74, 6) is 0.280. The maximum atomic E-state index is 9.24. The molecule has 2 rings (SSSR count). The van der Waals surface area contributed by atoms with E-state index >= 15 is 0 Å². The van der Waals surface area contributed by atoms with Gasteiger partial charge in [-0.15, -0.1) is 0 Å². The number of hydrogen-bond donors (Lipinski definition) is 2. The Kier molecular flexibility index (Phi) is 5.77. The van der Waals surface area contributed by atoms with E-state index in [1.807, 2.05) is 25.1 Å². The third-order valence-electron chi connectivity index (χ3n) is 3.33. The van der Waals surface area contributed by atoms with Crippen LogP contribution in [0.25, 0.3) is 0 Å². The molecule has 1 atom stereocenters. The molecule has 0 fully saturated rings. The Balaban J connectivity index is 1.94. The maximum Gasteiger partial charge on any atom is 0.115 e. The Labute approximate surface area is 139 Å². The highest BCUT2D eigenvalue weighted by Gasteiger charge is 2.13. The second-order valence-electron chi connectivity index (χ2n) is 4.86. The zero-order chi connectivity index (χ0) is 15.4. The minimum Gasteiger partial charge on any atom is -0.508 e. The fraction of sp³-hybridized carbons (Fsp3) is 0.250. The first kappa shape index (κ1) is 16.4. The summed E-state index contributed by atoms with van der Waals surface area (Å²) in [6.07, 6.45) is 0.865. The van der Waals surface area contributed by atoms with Crippen LogP contribution in [0.4, 0.5) is 0 Å². The Morgan fingerprint density at radius 1 is 1.00 bits per heavy atom. The molecule has 0 amide bonds. The molecule has 2 aromatic rings. The van der Waals surface area contributed by atoms with Gasteiger partial charge in [0.2, 0.25) is 0 Å². The summed E-state index contributed by atoms with van der Waals surface area (Å²) in [5, 5.41) is 14.0. The van der Waals surface area contributed by atoms with Crippen molar-refractivity contribution in [2.24, 2.45) is 0 Å². The number of halogens is 3. The van der Waals surface area contributed by atoms with Gasteiger partial charge in [-0.1, -0.05) is 53.0 Å². The van der Waals surface area contributed by atoms with Crippen LogP contribution in [0.2, 0.25) is 15.1 Å². The predicted molar refractivity (Wildman–Crippen MR) is 89.7 cm³/mol. The van der Waals surface area contributed by atoms with Crippen molar-refractivity contribution in [1.29, 1.82) is 0 Å². The zero-order valence-electron chi connectivity index (χ0n) is 11.5. The van der Waals surface area contributed by atoms with E-state index in [-0.39, 0.29) is 11.8 Å². The lowest BCUT2D eigenvalue weighted by atomic mass is 10.1. The predicted octanol–water partition coefficient (Wildman–Crippen LogP) is 5.25. The number of phenols is 1. The highest BCUT2D eigenvalue weighted by molar-refractivity contribution is 6.48. The number of rotatable bonds is 5. The van der Waals surface area contributed by atoms with Crippen LogP contribution in [-0.2, 0) is 6.42 Å². The summed E-state index contributed by atoms with van der Waals surface area (Å²) in [6.45, 7) is 2.82. The number of aromatic hydroxyl groups is 1. The lowest BCUT2D eigenvalue weighted by Crippen LogP contribution is -2.21. The van der Waals surface area contributed by atoms with Crippen LogP contribution >= 0.6 is 34.8 Å². The van der Waals surface area contributed by atoms with E-state index in [1.165, 1.54) is 0 Å². The summed E-state index contributed by atoms with van der Waals surface area (Å²) >= 11 is 18.2. The van der Waals surface area contributed by atoms with Gasteiger partial charge in [0.25, 0.3) is 0 Å². The molecule has 0 bridgehead atoms. The molecule has 0 spiro atoms. The summed E-state index contributed by atoms with van der Waals surface area (Å²) in [6, 6.07) is 10.9. The standard InChI is InChI=1S/C16H16Cl3NO/c1-10(13-6-7-14(17)16(19)15(13)18)20-9-8-11-2-4-12(21)5-3-11/h2-7,10,20-21H,8-9H2,1H3. The van der Waals surface area contributed by atoms with Crippen molar-refractivity contribution in [3.05, 3.63) is 62.6 Å². The van der Waals surface area contributed by atoms with Crippen molar-refractivity contribution < 1.29 is 5.11 Å². The molecule has 1 unspecified atom stereocenters. The van der Waals surface area contributed by atoms with E-state index in [4.69, 9.17) is 34.8 Å². The minimum absolute atomic E-state index is 0.0735. The first-order valence-electron chi connectivity index (χ1n) is 6.63. The van der Waals surface area contributed by atoms with Crippen molar-refractivity contribution in [2.75, 3.05) is 6.54 Å². The van der Waals surface area contributed by atoms with E-state index in [2.05, 4.69) is 5.32 Å². The number of nitrogens with one attached hydrogen (secondary N) is 1. The van der Waals surface area contributed by atoms with Crippen LogP contribution in [0.3, 0.4) is 0 Å². The van der Waals surface area contributed by atoms with Gasteiger partial charge >= 0.3 is 0 Å². The summed E-state index contributed by atoms with van der Waals surface area (Å²) < 4.78 is 0. The molecule has 2 aromatic carbocycles. The Bertz CT molecular complexity index is 614. The Morgan fingerprint density at radius 2 is 1.67 bits per heavy atom. The van der Waals surface area contributed by atoms with Crippen LogP contribution in [0.15, 0.2) is 36.4 Å². The van der Waals surface area contributed by atoms with Crippen LogP contribution < -0.4 is 5.32 Å². The molecule has 0 saturated heterocycles. The fourth-order valence-corrected chi connectivity index (χ4v) is 2.79. The third kappa shape index (κ3) is 4.27. The van der Waals surface area contributed by atoms with Crippen LogP contribution in [-0.4, -0.2) is 11.7 Å². The highest BCUT2D eigenvalue weighted by atomic mass is 35.5. The molecular formula is C16H16Cl3NO. The van der Waals surface area contributed by atoms with Crippen molar-refractivity contribution in [2.45, 2.75) is 19.4 Å². The lowest BCUT2D eigenvalue weighted by Gasteiger charge is -2.17. The average molecular weight is 345 g/mol. The number of hydrogen-bond acceptors (Lipinski definition) is 2. The van der Waals surface area contributed by atoms with Crippen LogP contribution in [0.5, 0.6) is 5.75 Å². The molecule has 0 saturated carbocycles. The first-order valence-corrected chi connectivity index (χ1v) is 7.77. The molecule has 0 heterocycles. The normalized spacial score (nSPS) is 12.4. The van der Waals surface area contributed by atoms with Crippen molar-refractivity contribution >= 4 is 34.8 Å². The number of benzene rings is 2. The van der Waals surface area contributed by atoms with Gasteiger partial charge in [-0.2, -0.15) is 0 Å². The minimum atomic E-state index is 0.0735. The quantitative estimate of drug-likeness (QED) is 0.726. The fourth-order valence-electron chi connectivity index (χ4n) is 2.08. The van der Waals surface area contributed by atoms with Crippen molar-refractivity contribution in [3.8, 4) is 5.75 Å². The molecule has 0 aromatic heterocycles. The summed E-state index contributed by atoms with van der Waals surface area (Å²) in [5.41, 5.74) is 2.09. The SMILES string of the molecule is CC(NCCc1ccc(O)cc1)c1ccc(Cl)c(Cl)c1Cl. The smallest absolute Gasteiger partial charge is 0.115 e. The van der Waals surface area contributed by atoms with Gasteiger partial charge in [0.1, 0.15) is 5.75 Å². The van der Waals surface area contributed by atoms with Gasteiger partial charge in [-0.05, 0) is 49.2 Å². The number of phenolic OH excluding ortho intramolecular Hbond substituents is 1. The van der Waals surface area contributed by atoms with Gasteiger partial charge in [-0.3, -0.25) is 0 Å². The second kappa shape index (κ2) is 7.37. The van der Waals surface area contributed by atoms with Crippen molar-refractivity contribution in [1.82, 2.24) is 5.32 Å². The highest BCUT2D eigenvalue weighted by Crippen LogP contribution is 2.35. The van der Waals surface area contributed by atoms with Gasteiger partial charge in [-0.25, -0.2) is 0 Å². The van der Waals surface area contributed by atoms with Crippen LogP contribution in [0, 0.1) is 0 Å². The molecule has 0 aliphatic rings. The van der Waals surface area contributed by atoms with Gasteiger partial charge < -0.3 is 10.4 Å². The lowest BCUT2D eigenvalue weighted by molar-refractivity contribution is 0.475. The first-order chi connectivity index (χ1) is 9.99. The molecule has 112 valence electrons. The summed E-state index contributed by atoms with van der Waals surface area (Å²) in [4.78, 5) is 0. The molecule has 2 N–H and O–H groups in total. The van der Waals surface area contributed by atoms with Gasteiger partial charge in [0.15, 0.2) is 0 Å². The van der Waals surface area contributed by atoms with E-state index in [0.29, 0.717) is 15.1 Å². The maximum absolute atomic E-state index is 9.24. The second-order valence-corrected chi connectivity index (χ2v) is 6.02. The molecule has 21 heavy (non-hydrogen) atoms.